The van der Waals surface area contributed by atoms with Gasteiger partial charge in [0.1, 0.15) is 5.69 Å². The summed E-state index contributed by atoms with van der Waals surface area (Å²) < 4.78 is 70.4. The van der Waals surface area contributed by atoms with E-state index in [0.29, 0.717) is 5.39 Å². The second kappa shape index (κ2) is 7.59. The summed E-state index contributed by atoms with van der Waals surface area (Å²) >= 11 is 0. The Morgan fingerprint density at radius 1 is 1.07 bits per heavy atom. The topological polar surface area (TPSA) is 85.8 Å². The van der Waals surface area contributed by atoms with Crippen LogP contribution < -0.4 is 9.08 Å². The number of allylic oxidation sites excluding steroid dienone is 4. The lowest BCUT2D eigenvalue weighted by molar-refractivity contribution is -0.0501. The number of fused-ring (bicyclic) bond motifs is 1. The van der Waals surface area contributed by atoms with Crippen LogP contribution in [0.4, 0.5) is 18.9 Å². The third kappa shape index (κ3) is 4.24. The predicted octanol–water partition coefficient (Wildman–Crippen LogP) is 3.65. The van der Waals surface area contributed by atoms with Gasteiger partial charge in [0.15, 0.2) is 0 Å². The minimum atomic E-state index is -5.94. The van der Waals surface area contributed by atoms with Crippen molar-refractivity contribution in [2.45, 2.75) is 5.51 Å². The van der Waals surface area contributed by atoms with Gasteiger partial charge < -0.3 is 13.8 Å². The number of methoxy groups -OCH3 is 1. The van der Waals surface area contributed by atoms with E-state index in [1.165, 1.54) is 48.7 Å². The molecule has 0 aliphatic carbocycles. The van der Waals surface area contributed by atoms with Crippen LogP contribution >= 0.6 is 0 Å². The van der Waals surface area contributed by atoms with Crippen LogP contribution in [-0.2, 0) is 14.9 Å². The summed E-state index contributed by atoms with van der Waals surface area (Å²) in [5.74, 6) is -1.39. The molecular formula is C18H13F3N2O5S. The summed E-state index contributed by atoms with van der Waals surface area (Å²) in [6, 6.07) is 5.46. The molecule has 2 heterocycles. The lowest BCUT2D eigenvalue weighted by Crippen LogP contribution is -2.29. The molecule has 152 valence electrons. The fourth-order valence-corrected chi connectivity index (χ4v) is 2.84. The number of ether oxygens (including phenoxy) is 1. The molecule has 2 aromatic rings. The summed E-state index contributed by atoms with van der Waals surface area (Å²) in [5, 5.41) is 0.360. The van der Waals surface area contributed by atoms with Gasteiger partial charge in [0.25, 0.3) is 5.88 Å². The van der Waals surface area contributed by atoms with Crippen molar-refractivity contribution in [2.24, 2.45) is 0 Å². The van der Waals surface area contributed by atoms with Crippen molar-refractivity contribution in [2.75, 3.05) is 12.0 Å². The van der Waals surface area contributed by atoms with Crippen LogP contribution in [0.2, 0.25) is 0 Å². The fourth-order valence-electron chi connectivity index (χ4n) is 2.41. The SMILES string of the molecule is COC(=O)c1ccc2nc(OS(=O)(=O)C(F)(F)F)c(N3C=CC=CC=C3)cc2c1. The molecule has 3 rings (SSSR count). The minimum absolute atomic E-state index is 0.0801. The highest BCUT2D eigenvalue weighted by Gasteiger charge is 2.49. The van der Waals surface area contributed by atoms with Gasteiger partial charge in [0.05, 0.1) is 18.2 Å². The van der Waals surface area contributed by atoms with Crippen LogP contribution in [0.1, 0.15) is 10.4 Å². The zero-order valence-electron chi connectivity index (χ0n) is 14.8. The first-order valence-electron chi connectivity index (χ1n) is 7.96. The van der Waals surface area contributed by atoms with Crippen molar-refractivity contribution in [1.29, 1.82) is 0 Å². The molecule has 0 N–H and O–H groups in total. The van der Waals surface area contributed by atoms with Crippen LogP contribution in [0.25, 0.3) is 10.9 Å². The molecule has 0 amide bonds. The van der Waals surface area contributed by atoms with Crippen LogP contribution in [0.5, 0.6) is 5.88 Å². The first-order valence-corrected chi connectivity index (χ1v) is 9.37. The molecule has 0 atom stereocenters. The Hall–Kier alpha value is -3.34. The van der Waals surface area contributed by atoms with Crippen molar-refractivity contribution in [3.8, 4) is 5.88 Å². The highest BCUT2D eigenvalue weighted by Crippen LogP contribution is 2.35. The molecule has 0 saturated carbocycles. The predicted molar refractivity (Wildman–Crippen MR) is 98.6 cm³/mol. The highest BCUT2D eigenvalue weighted by molar-refractivity contribution is 7.88. The number of pyridine rings is 1. The van der Waals surface area contributed by atoms with Gasteiger partial charge in [-0.3, -0.25) is 0 Å². The van der Waals surface area contributed by atoms with Gasteiger partial charge in [-0.15, -0.1) is 0 Å². The van der Waals surface area contributed by atoms with E-state index >= 15 is 0 Å². The zero-order chi connectivity index (χ0) is 21.2. The minimum Gasteiger partial charge on any atom is -0.465 e. The highest BCUT2D eigenvalue weighted by atomic mass is 32.2. The number of aromatic nitrogens is 1. The van der Waals surface area contributed by atoms with Gasteiger partial charge in [0.2, 0.25) is 0 Å². The van der Waals surface area contributed by atoms with E-state index in [4.69, 9.17) is 0 Å². The number of nitrogens with zero attached hydrogens (tertiary/aromatic N) is 2. The van der Waals surface area contributed by atoms with Crippen molar-refractivity contribution < 1.29 is 35.3 Å². The quantitative estimate of drug-likeness (QED) is 0.419. The molecule has 1 aliphatic rings. The average molecular weight is 426 g/mol. The van der Waals surface area contributed by atoms with E-state index in [-0.39, 0.29) is 16.8 Å². The van der Waals surface area contributed by atoms with Gasteiger partial charge >= 0.3 is 21.6 Å². The van der Waals surface area contributed by atoms with Crippen molar-refractivity contribution in [3.63, 3.8) is 0 Å². The van der Waals surface area contributed by atoms with Crippen molar-refractivity contribution in [1.82, 2.24) is 4.98 Å². The summed E-state index contributed by atoms with van der Waals surface area (Å²) in [7, 11) is -4.74. The summed E-state index contributed by atoms with van der Waals surface area (Å²) in [5.41, 5.74) is -5.40. The number of halogens is 3. The Labute approximate surface area is 163 Å². The van der Waals surface area contributed by atoms with Crippen LogP contribution in [-0.4, -0.2) is 32.0 Å². The molecule has 7 nitrogen and oxygen atoms in total. The number of anilines is 1. The molecular weight excluding hydrogens is 413 g/mol. The molecule has 0 bridgehead atoms. The number of rotatable bonds is 4. The van der Waals surface area contributed by atoms with Crippen molar-refractivity contribution >= 4 is 32.7 Å². The standard InChI is InChI=1S/C18H13F3N2O5S/c1-27-17(24)12-6-7-14-13(10-12)11-15(23-8-4-2-3-5-9-23)16(22-14)28-29(25,26)18(19,20)21/h2-11H,1H3. The number of esters is 1. The third-order valence-corrected chi connectivity index (χ3v) is 4.70. The van der Waals surface area contributed by atoms with Gasteiger partial charge in [-0.25, -0.2) is 9.78 Å². The van der Waals surface area contributed by atoms with Crippen LogP contribution in [0.15, 0.2) is 61.0 Å². The zero-order valence-corrected chi connectivity index (χ0v) is 15.6. The molecule has 0 unspecified atom stereocenters. The normalized spacial score (nSPS) is 14.1. The van der Waals surface area contributed by atoms with Gasteiger partial charge in [-0.2, -0.15) is 21.6 Å². The molecule has 1 aromatic heterocycles. The molecule has 29 heavy (non-hydrogen) atoms. The average Bonchev–Trinajstić information content (AvgIpc) is 2.94. The molecule has 0 radical (unpaired) electrons. The Morgan fingerprint density at radius 3 is 2.31 bits per heavy atom. The maximum atomic E-state index is 12.8. The van der Waals surface area contributed by atoms with E-state index in [1.807, 2.05) is 0 Å². The Balaban J connectivity index is 2.19. The number of alkyl halides is 3. The smallest absolute Gasteiger partial charge is 0.465 e. The maximum Gasteiger partial charge on any atom is 0.534 e. The molecule has 1 aromatic carbocycles. The van der Waals surface area contributed by atoms with Gasteiger partial charge in [-0.1, -0.05) is 12.2 Å². The molecule has 1 aliphatic heterocycles. The lowest BCUT2D eigenvalue weighted by atomic mass is 10.1. The van der Waals surface area contributed by atoms with Gasteiger partial charge in [0, 0.05) is 17.8 Å². The van der Waals surface area contributed by atoms with Crippen molar-refractivity contribution in [3.05, 3.63) is 66.5 Å². The Kier molecular flexibility index (Phi) is 5.33. The number of hydrogen-bond acceptors (Lipinski definition) is 7. The molecule has 0 fully saturated rings. The summed E-state index contributed by atoms with van der Waals surface area (Å²) in [6.45, 7) is 0. The van der Waals surface area contributed by atoms with E-state index in [0.717, 1.165) is 0 Å². The second-order valence-corrected chi connectivity index (χ2v) is 7.21. The summed E-state index contributed by atoms with van der Waals surface area (Å²) in [6.07, 6.45) is 9.43. The van der Waals surface area contributed by atoms with Crippen LogP contribution in [0.3, 0.4) is 0 Å². The van der Waals surface area contributed by atoms with Crippen LogP contribution in [0, 0.1) is 0 Å². The van der Waals surface area contributed by atoms with E-state index < -0.39 is 27.5 Å². The number of carbonyl (C=O) groups is 1. The molecule has 0 spiro atoms. The Morgan fingerprint density at radius 2 is 1.72 bits per heavy atom. The maximum absolute atomic E-state index is 12.8. The van der Waals surface area contributed by atoms with E-state index in [1.54, 1.807) is 24.3 Å². The largest absolute Gasteiger partial charge is 0.534 e. The number of benzene rings is 1. The third-order valence-electron chi connectivity index (χ3n) is 3.76. The monoisotopic (exact) mass is 426 g/mol. The Bertz CT molecular complexity index is 1140. The first kappa shape index (κ1) is 20.4. The number of carbonyl (C=O) groups excluding carboxylic acids is 1. The number of hydrogen-bond donors (Lipinski definition) is 0. The lowest BCUT2D eigenvalue weighted by Gasteiger charge is -2.19. The summed E-state index contributed by atoms with van der Waals surface area (Å²) in [4.78, 5) is 17.0. The van der Waals surface area contributed by atoms with E-state index in [9.17, 15) is 26.4 Å². The first-order chi connectivity index (χ1) is 13.6. The fraction of sp³-hybridized carbons (Fsp3) is 0.111. The molecule has 0 saturated heterocycles. The van der Waals surface area contributed by atoms with E-state index in [2.05, 4.69) is 13.9 Å². The molecule has 11 heteroatoms. The second-order valence-electron chi connectivity index (χ2n) is 5.67. The van der Waals surface area contributed by atoms with Gasteiger partial charge in [-0.05, 0) is 36.4 Å².